The van der Waals surface area contributed by atoms with Crippen LogP contribution in [0.1, 0.15) is 27.8 Å². The first kappa shape index (κ1) is 18.7. The van der Waals surface area contributed by atoms with Crippen LogP contribution >= 0.6 is 11.8 Å². The van der Waals surface area contributed by atoms with Crippen LogP contribution in [0.2, 0.25) is 0 Å². The summed E-state index contributed by atoms with van der Waals surface area (Å²) < 4.78 is 10.5. The first-order valence-electron chi connectivity index (χ1n) is 8.21. The number of aryl methyl sites for hydroxylation is 1. The summed E-state index contributed by atoms with van der Waals surface area (Å²) in [7, 11) is 0. The quantitative estimate of drug-likeness (QED) is 0.507. The zero-order chi connectivity index (χ0) is 19.2. The zero-order valence-electron chi connectivity index (χ0n) is 14.8. The lowest BCUT2D eigenvalue weighted by Crippen LogP contribution is -2.26. The van der Waals surface area contributed by atoms with Gasteiger partial charge in [0.05, 0.1) is 5.56 Å². The molecule has 1 aromatic heterocycles. The molecule has 1 heterocycles. The van der Waals surface area contributed by atoms with Gasteiger partial charge in [-0.15, -0.1) is 11.8 Å². The standard InChI is InChI=1S/C20H18N2O4S/c1-13-12-17(22-26-13)21-19(23)18(14-8-4-3-5-9-14)25-20(24)15-10-6-7-11-16(15)27-2/h3-12,18H,1-2H3,(H,21,22,23)/t18-/m0/s1. The minimum atomic E-state index is -1.12. The molecule has 0 fully saturated rings. The lowest BCUT2D eigenvalue weighted by Gasteiger charge is -2.18. The molecule has 1 amide bonds. The summed E-state index contributed by atoms with van der Waals surface area (Å²) in [6, 6.07) is 17.5. The van der Waals surface area contributed by atoms with Crippen LogP contribution in [0.5, 0.6) is 0 Å². The van der Waals surface area contributed by atoms with E-state index in [4.69, 9.17) is 9.26 Å². The van der Waals surface area contributed by atoms with Gasteiger partial charge in [-0.25, -0.2) is 4.79 Å². The van der Waals surface area contributed by atoms with E-state index in [0.29, 0.717) is 16.9 Å². The maximum absolute atomic E-state index is 12.8. The molecule has 6 nitrogen and oxygen atoms in total. The first-order chi connectivity index (χ1) is 13.1. The Morgan fingerprint density at radius 2 is 1.81 bits per heavy atom. The van der Waals surface area contributed by atoms with Crippen molar-refractivity contribution in [3.63, 3.8) is 0 Å². The fourth-order valence-electron chi connectivity index (χ4n) is 2.50. The highest BCUT2D eigenvalue weighted by molar-refractivity contribution is 7.98. The van der Waals surface area contributed by atoms with E-state index in [2.05, 4.69) is 10.5 Å². The number of hydrogen-bond acceptors (Lipinski definition) is 6. The van der Waals surface area contributed by atoms with Crippen LogP contribution in [-0.2, 0) is 9.53 Å². The summed E-state index contributed by atoms with van der Waals surface area (Å²) in [5.74, 6) is -0.254. The molecule has 0 radical (unpaired) electrons. The molecule has 0 saturated heterocycles. The van der Waals surface area contributed by atoms with Crippen LogP contribution in [0.4, 0.5) is 5.82 Å². The zero-order valence-corrected chi connectivity index (χ0v) is 15.7. The highest BCUT2D eigenvalue weighted by Gasteiger charge is 2.27. The molecule has 2 aromatic carbocycles. The lowest BCUT2D eigenvalue weighted by molar-refractivity contribution is -0.125. The van der Waals surface area contributed by atoms with Crippen LogP contribution in [0.25, 0.3) is 0 Å². The third-order valence-corrected chi connectivity index (χ3v) is 4.57. The SMILES string of the molecule is CSc1ccccc1C(=O)O[C@H](C(=O)Nc1cc(C)on1)c1ccccc1. The van der Waals surface area contributed by atoms with E-state index in [0.717, 1.165) is 4.90 Å². The van der Waals surface area contributed by atoms with Gasteiger partial charge in [0.15, 0.2) is 5.82 Å². The van der Waals surface area contributed by atoms with Gasteiger partial charge < -0.3 is 14.6 Å². The van der Waals surface area contributed by atoms with Crippen LogP contribution in [0.3, 0.4) is 0 Å². The van der Waals surface area contributed by atoms with Crippen LogP contribution in [0.15, 0.2) is 70.1 Å². The van der Waals surface area contributed by atoms with Gasteiger partial charge in [-0.2, -0.15) is 0 Å². The number of amides is 1. The minimum Gasteiger partial charge on any atom is -0.444 e. The van der Waals surface area contributed by atoms with Crippen molar-refractivity contribution in [2.75, 3.05) is 11.6 Å². The smallest absolute Gasteiger partial charge is 0.340 e. The molecule has 3 rings (SSSR count). The van der Waals surface area contributed by atoms with Crippen LogP contribution in [-0.4, -0.2) is 23.3 Å². The van der Waals surface area contributed by atoms with Crippen molar-refractivity contribution >= 4 is 29.5 Å². The Labute approximate surface area is 160 Å². The van der Waals surface area contributed by atoms with E-state index < -0.39 is 18.0 Å². The van der Waals surface area contributed by atoms with E-state index in [1.165, 1.54) is 11.8 Å². The predicted molar refractivity (Wildman–Crippen MR) is 103 cm³/mol. The summed E-state index contributed by atoms with van der Waals surface area (Å²) >= 11 is 1.44. The Hall–Kier alpha value is -3.06. The Kier molecular flexibility index (Phi) is 5.93. The molecule has 27 heavy (non-hydrogen) atoms. The molecular formula is C20H18N2O4S. The molecule has 0 aliphatic heterocycles. The number of nitrogens with one attached hydrogen (secondary N) is 1. The minimum absolute atomic E-state index is 0.263. The van der Waals surface area contributed by atoms with Crippen LogP contribution in [0, 0.1) is 6.92 Å². The molecule has 0 bridgehead atoms. The van der Waals surface area contributed by atoms with Gasteiger partial charge in [-0.3, -0.25) is 4.79 Å². The molecule has 138 valence electrons. The van der Waals surface area contributed by atoms with Gasteiger partial charge in [0.1, 0.15) is 5.76 Å². The number of esters is 1. The fraction of sp³-hybridized carbons (Fsp3) is 0.150. The van der Waals surface area contributed by atoms with Gasteiger partial charge in [0.25, 0.3) is 5.91 Å². The second-order valence-corrected chi connectivity index (χ2v) is 6.56. The van der Waals surface area contributed by atoms with Gasteiger partial charge in [0, 0.05) is 16.5 Å². The summed E-state index contributed by atoms with van der Waals surface area (Å²) in [6.45, 7) is 1.72. The monoisotopic (exact) mass is 382 g/mol. The van der Waals surface area contributed by atoms with Gasteiger partial charge in [0.2, 0.25) is 6.10 Å². The molecule has 0 aliphatic rings. The Balaban J connectivity index is 1.86. The normalized spacial score (nSPS) is 11.6. The summed E-state index contributed by atoms with van der Waals surface area (Å²) in [4.78, 5) is 26.3. The van der Waals surface area contributed by atoms with Crippen molar-refractivity contribution in [1.82, 2.24) is 5.16 Å². The van der Waals surface area contributed by atoms with E-state index in [1.54, 1.807) is 49.4 Å². The summed E-state index contributed by atoms with van der Waals surface area (Å²) in [5, 5.41) is 6.37. The number of ether oxygens (including phenoxy) is 1. The second-order valence-electron chi connectivity index (χ2n) is 5.71. The van der Waals surface area contributed by atoms with Crippen molar-refractivity contribution in [1.29, 1.82) is 0 Å². The molecule has 0 spiro atoms. The molecule has 0 unspecified atom stereocenters. The maximum Gasteiger partial charge on any atom is 0.340 e. The van der Waals surface area contributed by atoms with Gasteiger partial charge in [-0.05, 0) is 25.3 Å². The topological polar surface area (TPSA) is 81.4 Å². The van der Waals surface area contributed by atoms with Crippen LogP contribution < -0.4 is 5.32 Å². The molecule has 1 atom stereocenters. The van der Waals surface area contributed by atoms with Crippen molar-refractivity contribution in [3.05, 3.63) is 77.6 Å². The molecule has 1 N–H and O–H groups in total. The summed E-state index contributed by atoms with van der Waals surface area (Å²) in [5.41, 5.74) is 0.973. The lowest BCUT2D eigenvalue weighted by atomic mass is 10.1. The molecule has 7 heteroatoms. The van der Waals surface area contributed by atoms with E-state index >= 15 is 0 Å². The third-order valence-electron chi connectivity index (χ3n) is 3.77. The number of benzene rings is 2. The Morgan fingerprint density at radius 3 is 2.48 bits per heavy atom. The number of thioether (sulfide) groups is 1. The number of rotatable bonds is 6. The Bertz CT molecular complexity index is 940. The van der Waals surface area contributed by atoms with Crippen molar-refractivity contribution < 1.29 is 18.8 Å². The third kappa shape index (κ3) is 4.57. The predicted octanol–water partition coefficient (Wildman–Crippen LogP) is 4.24. The van der Waals surface area contributed by atoms with Crippen molar-refractivity contribution in [2.45, 2.75) is 17.9 Å². The Morgan fingerprint density at radius 1 is 1.11 bits per heavy atom. The largest absolute Gasteiger partial charge is 0.444 e. The average Bonchev–Trinajstić information content (AvgIpc) is 3.11. The number of aromatic nitrogens is 1. The number of hydrogen-bond donors (Lipinski definition) is 1. The van der Waals surface area contributed by atoms with E-state index in [9.17, 15) is 9.59 Å². The number of carbonyl (C=O) groups is 2. The van der Waals surface area contributed by atoms with Gasteiger partial charge >= 0.3 is 5.97 Å². The number of carbonyl (C=O) groups excluding carboxylic acids is 2. The summed E-state index contributed by atoms with van der Waals surface area (Å²) in [6.07, 6.45) is 0.756. The van der Waals surface area contributed by atoms with E-state index in [1.807, 2.05) is 24.5 Å². The molecule has 0 saturated carbocycles. The second kappa shape index (κ2) is 8.55. The highest BCUT2D eigenvalue weighted by Crippen LogP contribution is 2.25. The number of anilines is 1. The highest BCUT2D eigenvalue weighted by atomic mass is 32.2. The number of nitrogens with zero attached hydrogens (tertiary/aromatic N) is 1. The van der Waals surface area contributed by atoms with E-state index in [-0.39, 0.29) is 5.82 Å². The van der Waals surface area contributed by atoms with Crippen molar-refractivity contribution in [2.24, 2.45) is 0 Å². The molecule has 3 aromatic rings. The average molecular weight is 382 g/mol. The van der Waals surface area contributed by atoms with Crippen molar-refractivity contribution in [3.8, 4) is 0 Å². The molecule has 0 aliphatic carbocycles. The molecular weight excluding hydrogens is 364 g/mol. The fourth-order valence-corrected chi connectivity index (χ4v) is 3.09. The van der Waals surface area contributed by atoms with Gasteiger partial charge in [-0.1, -0.05) is 47.6 Å². The maximum atomic E-state index is 12.8. The first-order valence-corrected chi connectivity index (χ1v) is 9.44.